The second kappa shape index (κ2) is 3.30. The molecule has 0 atom stereocenters. The maximum Gasteiger partial charge on any atom is 0.0930 e. The van der Waals surface area contributed by atoms with E-state index < -0.39 is 0 Å². The molecule has 0 spiro atoms. The van der Waals surface area contributed by atoms with Gasteiger partial charge in [-0.3, -0.25) is 0 Å². The zero-order valence-corrected chi connectivity index (χ0v) is 9.70. The van der Waals surface area contributed by atoms with Crippen molar-refractivity contribution >= 4 is 10.9 Å². The summed E-state index contributed by atoms with van der Waals surface area (Å²) in [6.07, 6.45) is 0. The monoisotopic (exact) mass is 200 g/mol. The van der Waals surface area contributed by atoms with Gasteiger partial charge in [-0.15, -0.1) is 0 Å². The Morgan fingerprint density at radius 1 is 1.00 bits per heavy atom. The molecule has 1 heterocycles. The molecular formula is C13H16N2. The van der Waals surface area contributed by atoms with Crippen molar-refractivity contribution in [2.75, 3.05) is 0 Å². The second-order valence-corrected chi connectivity index (χ2v) is 5.01. The van der Waals surface area contributed by atoms with Gasteiger partial charge in [-0.1, -0.05) is 26.8 Å². The van der Waals surface area contributed by atoms with Gasteiger partial charge in [-0.2, -0.15) is 10.2 Å². The van der Waals surface area contributed by atoms with E-state index in [1.54, 1.807) is 0 Å². The largest absolute Gasteiger partial charge is 0.155 e. The summed E-state index contributed by atoms with van der Waals surface area (Å²) in [4.78, 5) is 0. The summed E-state index contributed by atoms with van der Waals surface area (Å²) in [5, 5.41) is 9.38. The lowest BCUT2D eigenvalue weighted by Crippen LogP contribution is -2.10. The number of aromatic nitrogens is 2. The van der Waals surface area contributed by atoms with E-state index in [1.165, 1.54) is 10.9 Å². The van der Waals surface area contributed by atoms with Crippen molar-refractivity contribution < 1.29 is 0 Å². The third kappa shape index (κ3) is 1.99. The predicted molar refractivity (Wildman–Crippen MR) is 63.0 cm³/mol. The molecule has 0 amide bonds. The van der Waals surface area contributed by atoms with Crippen molar-refractivity contribution in [3.63, 3.8) is 0 Å². The molecule has 1 aromatic carbocycles. The minimum Gasteiger partial charge on any atom is -0.155 e. The summed E-state index contributed by atoms with van der Waals surface area (Å²) in [6.45, 7) is 8.62. The Labute approximate surface area is 90.3 Å². The highest BCUT2D eigenvalue weighted by Gasteiger charge is 2.13. The molecule has 0 aliphatic carbocycles. The molecule has 0 saturated heterocycles. The molecule has 78 valence electrons. The predicted octanol–water partition coefficient (Wildman–Crippen LogP) is 3.24. The van der Waals surface area contributed by atoms with Crippen LogP contribution in [0, 0.1) is 6.92 Å². The van der Waals surface area contributed by atoms with Crippen molar-refractivity contribution in [2.45, 2.75) is 33.1 Å². The Bertz CT molecular complexity index is 495. The van der Waals surface area contributed by atoms with E-state index in [-0.39, 0.29) is 5.41 Å². The highest BCUT2D eigenvalue weighted by atomic mass is 15.1. The Morgan fingerprint density at radius 3 is 2.40 bits per heavy atom. The molecule has 0 radical (unpaired) electrons. The van der Waals surface area contributed by atoms with Gasteiger partial charge in [0.15, 0.2) is 0 Å². The molecule has 0 aliphatic rings. The van der Waals surface area contributed by atoms with Crippen molar-refractivity contribution in [1.82, 2.24) is 10.2 Å². The molecule has 2 rings (SSSR count). The van der Waals surface area contributed by atoms with Crippen LogP contribution in [0.2, 0.25) is 0 Å². The van der Waals surface area contributed by atoms with E-state index in [1.807, 2.05) is 13.0 Å². The average molecular weight is 200 g/mol. The zero-order chi connectivity index (χ0) is 11.1. The summed E-state index contributed by atoms with van der Waals surface area (Å²) in [5.41, 5.74) is 3.45. The van der Waals surface area contributed by atoms with Crippen LogP contribution >= 0.6 is 0 Å². The van der Waals surface area contributed by atoms with E-state index in [0.717, 1.165) is 11.2 Å². The van der Waals surface area contributed by atoms with Crippen LogP contribution < -0.4 is 0 Å². The number of hydrogen-bond donors (Lipinski definition) is 0. The summed E-state index contributed by atoms with van der Waals surface area (Å²) in [5.74, 6) is 0. The number of rotatable bonds is 0. The quantitative estimate of drug-likeness (QED) is 0.652. The topological polar surface area (TPSA) is 25.8 Å². The van der Waals surface area contributed by atoms with Gasteiger partial charge in [-0.25, -0.2) is 0 Å². The lowest BCUT2D eigenvalue weighted by Gasteiger charge is -2.19. The summed E-state index contributed by atoms with van der Waals surface area (Å²) in [6, 6.07) is 8.46. The number of aryl methyl sites for hydroxylation is 1. The van der Waals surface area contributed by atoms with E-state index in [9.17, 15) is 0 Å². The first-order valence-electron chi connectivity index (χ1n) is 5.21. The van der Waals surface area contributed by atoms with Gasteiger partial charge in [0, 0.05) is 5.39 Å². The fourth-order valence-electron chi connectivity index (χ4n) is 1.61. The molecule has 2 aromatic rings. The summed E-state index contributed by atoms with van der Waals surface area (Å²) < 4.78 is 0. The zero-order valence-electron chi connectivity index (χ0n) is 9.70. The van der Waals surface area contributed by atoms with Gasteiger partial charge in [-0.05, 0) is 36.1 Å². The fourth-order valence-corrected chi connectivity index (χ4v) is 1.61. The molecule has 0 N–H and O–H groups in total. The minimum absolute atomic E-state index is 0.186. The highest BCUT2D eigenvalue weighted by Crippen LogP contribution is 2.25. The Hall–Kier alpha value is -1.44. The molecule has 1 aromatic heterocycles. The SMILES string of the molecule is Cc1cc2cc(C(C)(C)C)ccc2nn1. The molecule has 0 bridgehead atoms. The first-order valence-corrected chi connectivity index (χ1v) is 5.21. The third-order valence-corrected chi connectivity index (χ3v) is 2.57. The Balaban J connectivity index is 2.64. The Morgan fingerprint density at radius 2 is 1.73 bits per heavy atom. The number of fused-ring (bicyclic) bond motifs is 1. The van der Waals surface area contributed by atoms with Gasteiger partial charge >= 0.3 is 0 Å². The van der Waals surface area contributed by atoms with E-state index in [4.69, 9.17) is 0 Å². The van der Waals surface area contributed by atoms with Crippen LogP contribution in [0.3, 0.4) is 0 Å². The second-order valence-electron chi connectivity index (χ2n) is 5.01. The first-order chi connectivity index (χ1) is 6.97. The van der Waals surface area contributed by atoms with Crippen molar-refractivity contribution in [3.8, 4) is 0 Å². The molecule has 0 aliphatic heterocycles. The lowest BCUT2D eigenvalue weighted by molar-refractivity contribution is 0.591. The van der Waals surface area contributed by atoms with Crippen LogP contribution in [0.15, 0.2) is 24.3 Å². The van der Waals surface area contributed by atoms with Crippen LogP contribution in [0.4, 0.5) is 0 Å². The van der Waals surface area contributed by atoms with Crippen LogP contribution in [0.25, 0.3) is 10.9 Å². The van der Waals surface area contributed by atoms with E-state index in [2.05, 4.69) is 49.2 Å². The fraction of sp³-hybridized carbons (Fsp3) is 0.385. The summed E-state index contributed by atoms with van der Waals surface area (Å²) >= 11 is 0. The van der Waals surface area contributed by atoms with Crippen molar-refractivity contribution in [3.05, 3.63) is 35.5 Å². The van der Waals surface area contributed by atoms with Gasteiger partial charge in [0.25, 0.3) is 0 Å². The van der Waals surface area contributed by atoms with E-state index >= 15 is 0 Å². The van der Waals surface area contributed by atoms with Gasteiger partial charge in [0.05, 0.1) is 11.2 Å². The lowest BCUT2D eigenvalue weighted by atomic mass is 9.86. The molecule has 0 saturated carbocycles. The van der Waals surface area contributed by atoms with Gasteiger partial charge in [0.2, 0.25) is 0 Å². The summed E-state index contributed by atoms with van der Waals surface area (Å²) in [7, 11) is 0. The van der Waals surface area contributed by atoms with Gasteiger partial charge in [0.1, 0.15) is 0 Å². The maximum absolute atomic E-state index is 4.15. The van der Waals surface area contributed by atoms with E-state index in [0.29, 0.717) is 0 Å². The molecule has 0 unspecified atom stereocenters. The number of nitrogens with zero attached hydrogens (tertiary/aromatic N) is 2. The van der Waals surface area contributed by atoms with Crippen LogP contribution in [0.1, 0.15) is 32.0 Å². The molecule has 2 heteroatoms. The number of benzene rings is 1. The smallest absolute Gasteiger partial charge is 0.0930 e. The van der Waals surface area contributed by atoms with Crippen LogP contribution in [-0.4, -0.2) is 10.2 Å². The molecular weight excluding hydrogens is 184 g/mol. The average Bonchev–Trinajstić information content (AvgIpc) is 2.15. The third-order valence-electron chi connectivity index (χ3n) is 2.57. The molecule has 2 nitrogen and oxygen atoms in total. The standard InChI is InChI=1S/C13H16N2/c1-9-7-10-8-11(13(2,3)4)5-6-12(10)15-14-9/h5-8H,1-4H3. The molecule has 0 fully saturated rings. The number of hydrogen-bond acceptors (Lipinski definition) is 2. The van der Waals surface area contributed by atoms with Crippen molar-refractivity contribution in [1.29, 1.82) is 0 Å². The molecule has 15 heavy (non-hydrogen) atoms. The Kier molecular flexibility index (Phi) is 2.22. The van der Waals surface area contributed by atoms with Gasteiger partial charge < -0.3 is 0 Å². The maximum atomic E-state index is 4.15. The van der Waals surface area contributed by atoms with Crippen molar-refractivity contribution in [2.24, 2.45) is 0 Å². The highest BCUT2D eigenvalue weighted by molar-refractivity contribution is 5.79. The first kappa shape index (κ1) is 10.1. The minimum atomic E-state index is 0.186. The normalized spacial score (nSPS) is 12.0. The van der Waals surface area contributed by atoms with Crippen LogP contribution in [-0.2, 0) is 5.41 Å². The van der Waals surface area contributed by atoms with Crippen LogP contribution in [0.5, 0.6) is 0 Å².